The summed E-state index contributed by atoms with van der Waals surface area (Å²) >= 11 is 0. The van der Waals surface area contributed by atoms with Gasteiger partial charge in [0.05, 0.1) is 18.1 Å². The zero-order chi connectivity index (χ0) is 44.4. The topological polar surface area (TPSA) is 360 Å². The minimum Gasteiger partial charge on any atom is -0.480 e. The zero-order valence-electron chi connectivity index (χ0n) is 33.4. The Hall–Kier alpha value is -5.55. The van der Waals surface area contributed by atoms with Crippen LogP contribution in [0, 0.1) is 12.8 Å². The number of carbonyl (C=O) groups is 7. The van der Waals surface area contributed by atoms with E-state index in [1.54, 1.807) is 53.7 Å². The number of nitrogens with one attached hydrogen (secondary N) is 6. The molecule has 0 heterocycles. The van der Waals surface area contributed by atoms with Crippen molar-refractivity contribution in [1.82, 2.24) is 31.3 Å². The summed E-state index contributed by atoms with van der Waals surface area (Å²) in [6, 6.07) is -1.95. The fourth-order valence-electron chi connectivity index (χ4n) is 4.89. The Morgan fingerprint density at radius 2 is 1.24 bits per heavy atom. The number of primary amides is 1. The highest BCUT2D eigenvalue weighted by atomic mass is 32.2. The lowest BCUT2D eigenvalue weighted by Crippen LogP contribution is -2.59. The smallest absolute Gasteiger partial charge is 0.408 e. The summed E-state index contributed by atoms with van der Waals surface area (Å²) in [6.45, 7) is 7.91. The standard InChI is InChI=1S/C35H57N9O13S/c1-19(2)16-24(43-34(54)57-35(4,5)6)30(50)40-23(13-14-27(36)47)29(49)39-22(28(48)41-25(17-45)31(51)42-26(18-46)32(52)53)8-7-15-38-33(37)44-58(55,56)21-11-9-20(3)10-12-21/h9-12,19,22-26,45-46H,7-8,13-18H2,1-6H3,(H2,36,47)(H,39,49)(H,40,50)(H,41,48)(H,42,51)(H,43,54)(H,52,53)(H3,37,38,44)/t22-,23-,24-,25-,26-/m0/s1. The monoisotopic (exact) mass is 843 g/mol. The van der Waals surface area contributed by atoms with Gasteiger partial charge in [0.25, 0.3) is 10.0 Å². The number of guanidine groups is 1. The summed E-state index contributed by atoms with van der Waals surface area (Å²) in [7, 11) is -4.10. The minimum atomic E-state index is -4.10. The molecule has 6 amide bonds. The van der Waals surface area contributed by atoms with Crippen molar-refractivity contribution in [1.29, 1.82) is 0 Å². The third-order valence-electron chi connectivity index (χ3n) is 7.78. The number of aliphatic carboxylic acids is 1. The third kappa shape index (κ3) is 19.1. The number of alkyl carbamates (subject to hydrolysis) is 1. The van der Waals surface area contributed by atoms with Crippen molar-refractivity contribution in [2.24, 2.45) is 22.4 Å². The van der Waals surface area contributed by atoms with Crippen molar-refractivity contribution >= 4 is 57.6 Å². The highest BCUT2D eigenvalue weighted by Gasteiger charge is 2.33. The summed E-state index contributed by atoms with van der Waals surface area (Å²) in [5.74, 6) is -7.19. The molecule has 326 valence electrons. The fraction of sp³-hybridized carbons (Fsp3) is 0.600. The number of hydrogen-bond acceptors (Lipinski definition) is 13. The maximum atomic E-state index is 13.7. The second-order valence-corrected chi connectivity index (χ2v) is 16.3. The molecule has 22 nitrogen and oxygen atoms in total. The summed E-state index contributed by atoms with van der Waals surface area (Å²) in [5, 5.41) is 39.8. The van der Waals surface area contributed by atoms with Gasteiger partial charge in [-0.1, -0.05) is 31.5 Å². The number of rotatable bonds is 23. The van der Waals surface area contributed by atoms with Gasteiger partial charge in [0, 0.05) is 13.0 Å². The molecular weight excluding hydrogens is 787 g/mol. The van der Waals surface area contributed by atoms with E-state index in [0.717, 1.165) is 5.56 Å². The SMILES string of the molecule is Cc1ccc(S(=O)(=O)NC(N)=NCCC[C@H](NC(=O)[C@H](CCC(N)=O)NC(=O)[C@H](CC(C)C)NC(=O)OC(C)(C)C)C(=O)N[C@@H](CO)C(=O)N[C@@H](CO)C(=O)O)cc1. The largest absolute Gasteiger partial charge is 0.480 e. The van der Waals surface area contributed by atoms with E-state index in [0.29, 0.717) is 0 Å². The molecule has 0 spiro atoms. The maximum Gasteiger partial charge on any atom is 0.408 e. The minimum absolute atomic E-state index is 0.0680. The van der Waals surface area contributed by atoms with Crippen LogP contribution in [0.2, 0.25) is 0 Å². The highest BCUT2D eigenvalue weighted by molar-refractivity contribution is 7.90. The predicted octanol–water partition coefficient (Wildman–Crippen LogP) is -2.42. The molecule has 58 heavy (non-hydrogen) atoms. The average Bonchev–Trinajstić information content (AvgIpc) is 3.10. The molecule has 1 aromatic carbocycles. The van der Waals surface area contributed by atoms with Crippen molar-refractivity contribution in [3.8, 4) is 0 Å². The molecule has 0 aromatic heterocycles. The number of aliphatic imine (C=N–C) groups is 1. The van der Waals surface area contributed by atoms with E-state index in [1.807, 2.05) is 5.32 Å². The summed E-state index contributed by atoms with van der Waals surface area (Å²) in [4.78, 5) is 93.0. The lowest BCUT2D eigenvalue weighted by atomic mass is 10.0. The number of carboxylic acids is 1. The average molecular weight is 844 g/mol. The molecule has 0 radical (unpaired) electrons. The quantitative estimate of drug-likeness (QED) is 0.0311. The van der Waals surface area contributed by atoms with Gasteiger partial charge in [-0.05, 0) is 71.4 Å². The molecule has 0 fully saturated rings. The number of carboxylic acid groups (broad SMARTS) is 1. The van der Waals surface area contributed by atoms with Crippen LogP contribution < -0.4 is 42.8 Å². The summed E-state index contributed by atoms with van der Waals surface area (Å²) in [6.07, 6.45) is -1.91. The Morgan fingerprint density at radius 1 is 0.759 bits per heavy atom. The van der Waals surface area contributed by atoms with Gasteiger partial charge in [0.15, 0.2) is 0 Å². The summed E-state index contributed by atoms with van der Waals surface area (Å²) < 4.78 is 32.8. The molecule has 1 rings (SSSR count). The summed E-state index contributed by atoms with van der Waals surface area (Å²) in [5.41, 5.74) is 11.0. The van der Waals surface area contributed by atoms with Crippen LogP contribution in [-0.4, -0.2) is 127 Å². The van der Waals surface area contributed by atoms with Crippen molar-refractivity contribution in [3.05, 3.63) is 29.8 Å². The lowest BCUT2D eigenvalue weighted by Gasteiger charge is -2.27. The van der Waals surface area contributed by atoms with Crippen LogP contribution >= 0.6 is 0 Å². The molecule has 0 unspecified atom stereocenters. The lowest BCUT2D eigenvalue weighted by molar-refractivity contribution is -0.143. The van der Waals surface area contributed by atoms with Crippen molar-refractivity contribution in [3.63, 3.8) is 0 Å². The van der Waals surface area contributed by atoms with Crippen LogP contribution in [0.3, 0.4) is 0 Å². The molecule has 0 aliphatic heterocycles. The van der Waals surface area contributed by atoms with Crippen LogP contribution in [0.15, 0.2) is 34.2 Å². The van der Waals surface area contributed by atoms with Crippen LogP contribution in [0.5, 0.6) is 0 Å². The van der Waals surface area contributed by atoms with E-state index in [-0.39, 0.29) is 43.0 Å². The van der Waals surface area contributed by atoms with E-state index >= 15 is 0 Å². The van der Waals surface area contributed by atoms with Gasteiger partial charge >= 0.3 is 12.1 Å². The van der Waals surface area contributed by atoms with Crippen LogP contribution in [0.25, 0.3) is 0 Å². The molecule has 0 saturated heterocycles. The maximum absolute atomic E-state index is 13.7. The number of aliphatic hydroxyl groups is 2. The Bertz CT molecular complexity index is 1730. The number of aliphatic hydroxyl groups excluding tert-OH is 2. The first-order valence-corrected chi connectivity index (χ1v) is 19.7. The van der Waals surface area contributed by atoms with E-state index in [2.05, 4.69) is 31.0 Å². The van der Waals surface area contributed by atoms with Crippen molar-refractivity contribution < 1.29 is 62.0 Å². The third-order valence-corrected chi connectivity index (χ3v) is 9.15. The Kier molecular flexibility index (Phi) is 20.6. The van der Waals surface area contributed by atoms with Gasteiger partial charge in [-0.15, -0.1) is 0 Å². The van der Waals surface area contributed by atoms with E-state index in [9.17, 15) is 57.3 Å². The predicted molar refractivity (Wildman–Crippen MR) is 208 cm³/mol. The van der Waals surface area contributed by atoms with Gasteiger partial charge in [-0.25, -0.2) is 22.7 Å². The molecule has 0 bridgehead atoms. The number of sulfonamides is 1. The first-order chi connectivity index (χ1) is 26.9. The normalized spacial score (nSPS) is 14.5. The Morgan fingerprint density at radius 3 is 1.72 bits per heavy atom. The van der Waals surface area contributed by atoms with E-state index < -0.39 is 113 Å². The van der Waals surface area contributed by atoms with Gasteiger partial charge in [0.1, 0.15) is 35.8 Å². The second-order valence-electron chi connectivity index (χ2n) is 14.6. The first kappa shape index (κ1) is 50.5. The highest BCUT2D eigenvalue weighted by Crippen LogP contribution is 2.12. The molecule has 0 aliphatic rings. The Balaban J connectivity index is 3.37. The second kappa shape index (κ2) is 23.6. The zero-order valence-corrected chi connectivity index (χ0v) is 34.2. The number of aryl methyl sites for hydroxylation is 1. The molecule has 0 saturated carbocycles. The molecule has 5 atom stereocenters. The van der Waals surface area contributed by atoms with Crippen LogP contribution in [-0.2, 0) is 43.5 Å². The van der Waals surface area contributed by atoms with E-state index in [1.165, 1.54) is 12.1 Å². The number of nitrogens with two attached hydrogens (primary N) is 2. The number of amides is 6. The van der Waals surface area contributed by atoms with Crippen LogP contribution in [0.4, 0.5) is 4.79 Å². The van der Waals surface area contributed by atoms with Crippen LogP contribution in [0.1, 0.15) is 72.3 Å². The Labute approximate surface area is 336 Å². The van der Waals surface area contributed by atoms with Gasteiger partial charge in [-0.3, -0.25) is 29.0 Å². The number of carbonyl (C=O) groups excluding carboxylic acids is 6. The fourth-order valence-corrected chi connectivity index (χ4v) is 5.84. The van der Waals surface area contributed by atoms with Crippen molar-refractivity contribution in [2.45, 2.75) is 114 Å². The molecule has 0 aliphatic carbocycles. The molecule has 1 aromatic rings. The molecular formula is C35H57N9O13S. The van der Waals surface area contributed by atoms with E-state index in [4.69, 9.17) is 16.2 Å². The molecule has 13 N–H and O–H groups in total. The van der Waals surface area contributed by atoms with Gasteiger partial charge in [-0.2, -0.15) is 0 Å². The molecule has 23 heteroatoms. The first-order valence-electron chi connectivity index (χ1n) is 18.2. The number of benzene rings is 1. The van der Waals surface area contributed by atoms with Crippen molar-refractivity contribution in [2.75, 3.05) is 19.8 Å². The number of ether oxygens (including phenoxy) is 1. The number of hydrogen-bond donors (Lipinski definition) is 11. The number of nitrogens with zero attached hydrogens (tertiary/aromatic N) is 1. The van der Waals surface area contributed by atoms with Gasteiger partial charge in [0.2, 0.25) is 35.5 Å². The van der Waals surface area contributed by atoms with Gasteiger partial charge < -0.3 is 58.1 Å².